The summed E-state index contributed by atoms with van der Waals surface area (Å²) in [4.78, 5) is 28.3. The monoisotopic (exact) mass is 347 g/mol. The minimum Gasteiger partial charge on any atom is -0.347 e. The first-order valence-corrected chi connectivity index (χ1v) is 9.26. The highest BCUT2D eigenvalue weighted by Crippen LogP contribution is 2.23. The second kappa shape index (κ2) is 5.95. The van der Waals surface area contributed by atoms with Crippen LogP contribution in [-0.2, 0) is 10.0 Å². The summed E-state index contributed by atoms with van der Waals surface area (Å²) in [5, 5.41) is 4.09. The summed E-state index contributed by atoms with van der Waals surface area (Å²) in [7, 11) is -3.21. The van der Waals surface area contributed by atoms with Crippen LogP contribution in [0.2, 0.25) is 0 Å². The molecule has 0 unspecified atom stereocenters. The fourth-order valence-corrected chi connectivity index (χ4v) is 3.66. The van der Waals surface area contributed by atoms with Gasteiger partial charge in [0, 0.05) is 42.0 Å². The third kappa shape index (κ3) is 3.02. The standard InChI is InChI=1S/C16H17N3O4S/c1-10(20)12-3-4-14(15-7-17-6-5-13(12)15)16(21)18-11-8-19(9-11)24(2,22)23/h3-7,11H,8-9H2,1-2H3,(H,18,21). The number of aromatic nitrogens is 1. The molecule has 8 heteroatoms. The van der Waals surface area contributed by atoms with Crippen LogP contribution in [0, 0.1) is 0 Å². The van der Waals surface area contributed by atoms with Crippen LogP contribution in [-0.4, -0.2) is 54.8 Å². The largest absolute Gasteiger partial charge is 0.347 e. The molecule has 1 aromatic heterocycles. The summed E-state index contributed by atoms with van der Waals surface area (Å²) in [5.41, 5.74) is 0.955. The Hall–Kier alpha value is -2.32. The molecule has 1 fully saturated rings. The molecule has 0 spiro atoms. The fraction of sp³-hybridized carbons (Fsp3) is 0.312. The Labute approximate surface area is 139 Å². The zero-order chi connectivity index (χ0) is 17.5. The second-order valence-electron chi connectivity index (χ2n) is 5.89. The van der Waals surface area contributed by atoms with E-state index in [1.807, 2.05) is 0 Å². The molecule has 1 N–H and O–H groups in total. The predicted molar refractivity (Wildman–Crippen MR) is 89.4 cm³/mol. The maximum atomic E-state index is 12.5. The maximum absolute atomic E-state index is 12.5. The summed E-state index contributed by atoms with van der Waals surface area (Å²) in [5.74, 6) is -0.387. The van der Waals surface area contributed by atoms with Crippen molar-refractivity contribution in [2.75, 3.05) is 19.3 Å². The zero-order valence-corrected chi connectivity index (χ0v) is 14.1. The van der Waals surface area contributed by atoms with E-state index in [2.05, 4.69) is 10.3 Å². The van der Waals surface area contributed by atoms with Gasteiger partial charge in [-0.3, -0.25) is 14.6 Å². The Balaban J connectivity index is 1.84. The van der Waals surface area contributed by atoms with Gasteiger partial charge in [0.1, 0.15) is 0 Å². The Morgan fingerprint density at radius 1 is 1.17 bits per heavy atom. The van der Waals surface area contributed by atoms with Gasteiger partial charge in [0.15, 0.2) is 5.78 Å². The van der Waals surface area contributed by atoms with Crippen LogP contribution in [0.1, 0.15) is 27.6 Å². The molecule has 1 aromatic carbocycles. The van der Waals surface area contributed by atoms with Gasteiger partial charge in [-0.05, 0) is 30.5 Å². The Kier molecular flexibility index (Phi) is 4.10. The average molecular weight is 347 g/mol. The molecule has 0 bridgehead atoms. The zero-order valence-electron chi connectivity index (χ0n) is 13.3. The number of benzene rings is 1. The van der Waals surface area contributed by atoms with Gasteiger partial charge in [-0.1, -0.05) is 0 Å². The van der Waals surface area contributed by atoms with Crippen molar-refractivity contribution in [3.8, 4) is 0 Å². The molecule has 1 saturated heterocycles. The highest BCUT2D eigenvalue weighted by atomic mass is 32.2. The Bertz CT molecular complexity index is 933. The molecule has 0 atom stereocenters. The van der Waals surface area contributed by atoms with Crippen molar-refractivity contribution in [2.24, 2.45) is 0 Å². The number of sulfonamides is 1. The van der Waals surface area contributed by atoms with Gasteiger partial charge in [0.2, 0.25) is 10.0 Å². The van der Waals surface area contributed by atoms with E-state index < -0.39 is 10.0 Å². The van der Waals surface area contributed by atoms with E-state index in [1.54, 1.807) is 30.6 Å². The number of rotatable bonds is 4. The van der Waals surface area contributed by atoms with E-state index in [-0.39, 0.29) is 30.8 Å². The van der Waals surface area contributed by atoms with Gasteiger partial charge in [-0.25, -0.2) is 8.42 Å². The van der Waals surface area contributed by atoms with Crippen LogP contribution in [0.25, 0.3) is 10.8 Å². The molecule has 0 saturated carbocycles. The molecule has 24 heavy (non-hydrogen) atoms. The third-order valence-electron chi connectivity index (χ3n) is 4.09. The average Bonchev–Trinajstić information content (AvgIpc) is 2.47. The summed E-state index contributed by atoms with van der Waals surface area (Å²) < 4.78 is 24.0. The van der Waals surface area contributed by atoms with Crippen LogP contribution in [0.4, 0.5) is 0 Å². The third-order valence-corrected chi connectivity index (χ3v) is 5.33. The van der Waals surface area contributed by atoms with Crippen LogP contribution in [0.15, 0.2) is 30.6 Å². The molecule has 1 amide bonds. The molecule has 2 heterocycles. The van der Waals surface area contributed by atoms with Gasteiger partial charge in [0.25, 0.3) is 5.91 Å². The smallest absolute Gasteiger partial charge is 0.252 e. The number of hydrogen-bond acceptors (Lipinski definition) is 5. The first-order valence-electron chi connectivity index (χ1n) is 7.41. The van der Waals surface area contributed by atoms with Crippen molar-refractivity contribution >= 4 is 32.5 Å². The Morgan fingerprint density at radius 3 is 2.46 bits per heavy atom. The molecular formula is C16H17N3O4S. The van der Waals surface area contributed by atoms with E-state index in [9.17, 15) is 18.0 Å². The van der Waals surface area contributed by atoms with Crippen LogP contribution in [0.5, 0.6) is 0 Å². The normalized spacial score (nSPS) is 15.9. The molecular weight excluding hydrogens is 330 g/mol. The summed E-state index contributed by atoms with van der Waals surface area (Å²) in [6.45, 7) is 2.02. The van der Waals surface area contributed by atoms with Crippen LogP contribution >= 0.6 is 0 Å². The number of nitrogens with zero attached hydrogens (tertiary/aromatic N) is 2. The number of fused-ring (bicyclic) bond motifs is 1. The number of nitrogens with one attached hydrogen (secondary N) is 1. The molecule has 7 nitrogen and oxygen atoms in total. The van der Waals surface area contributed by atoms with Crippen molar-refractivity contribution in [1.82, 2.24) is 14.6 Å². The second-order valence-corrected chi connectivity index (χ2v) is 7.87. The summed E-state index contributed by atoms with van der Waals surface area (Å²) >= 11 is 0. The van der Waals surface area contributed by atoms with Gasteiger partial charge in [-0.15, -0.1) is 0 Å². The lowest BCUT2D eigenvalue weighted by atomic mass is 9.98. The number of Topliss-reactive ketones (excluding diaryl/α,β-unsaturated/α-hetero) is 1. The number of ketones is 1. The van der Waals surface area contributed by atoms with Crippen LogP contribution < -0.4 is 5.32 Å². The molecule has 126 valence electrons. The van der Waals surface area contributed by atoms with E-state index in [4.69, 9.17) is 0 Å². The number of carbonyl (C=O) groups excluding carboxylic acids is 2. The van der Waals surface area contributed by atoms with Crippen molar-refractivity contribution in [2.45, 2.75) is 13.0 Å². The van der Waals surface area contributed by atoms with E-state index >= 15 is 0 Å². The highest BCUT2D eigenvalue weighted by Gasteiger charge is 2.34. The van der Waals surface area contributed by atoms with E-state index in [0.717, 1.165) is 6.26 Å². The highest BCUT2D eigenvalue weighted by molar-refractivity contribution is 7.88. The van der Waals surface area contributed by atoms with E-state index in [1.165, 1.54) is 11.2 Å². The molecule has 0 radical (unpaired) electrons. The van der Waals surface area contributed by atoms with Crippen molar-refractivity contribution in [3.05, 3.63) is 41.7 Å². The first-order chi connectivity index (χ1) is 11.3. The van der Waals surface area contributed by atoms with Crippen molar-refractivity contribution < 1.29 is 18.0 Å². The first kappa shape index (κ1) is 16.5. The van der Waals surface area contributed by atoms with Crippen molar-refractivity contribution in [1.29, 1.82) is 0 Å². The molecule has 1 aliphatic rings. The number of pyridine rings is 1. The minimum atomic E-state index is -3.21. The number of carbonyl (C=O) groups is 2. The Morgan fingerprint density at radius 2 is 1.83 bits per heavy atom. The maximum Gasteiger partial charge on any atom is 0.252 e. The topological polar surface area (TPSA) is 96.4 Å². The van der Waals surface area contributed by atoms with Crippen molar-refractivity contribution in [3.63, 3.8) is 0 Å². The van der Waals surface area contributed by atoms with Gasteiger partial charge in [0.05, 0.1) is 12.3 Å². The number of hydrogen-bond donors (Lipinski definition) is 1. The van der Waals surface area contributed by atoms with Gasteiger partial charge >= 0.3 is 0 Å². The lowest BCUT2D eigenvalue weighted by Gasteiger charge is -2.37. The molecule has 3 rings (SSSR count). The summed E-state index contributed by atoms with van der Waals surface area (Å²) in [6.07, 6.45) is 4.28. The molecule has 0 aliphatic carbocycles. The quantitative estimate of drug-likeness (QED) is 0.826. The SMILES string of the molecule is CC(=O)c1ccc(C(=O)NC2CN(S(C)(=O)=O)C2)c2cnccc12. The minimum absolute atomic E-state index is 0.0825. The summed E-state index contributed by atoms with van der Waals surface area (Å²) in [6, 6.07) is 4.72. The molecule has 1 aliphatic heterocycles. The molecule has 2 aromatic rings. The van der Waals surface area contributed by atoms with Gasteiger partial charge in [-0.2, -0.15) is 4.31 Å². The predicted octanol–water partition coefficient (Wildman–Crippen LogP) is 0.811. The number of amides is 1. The lowest BCUT2D eigenvalue weighted by molar-refractivity contribution is 0.0896. The fourth-order valence-electron chi connectivity index (χ4n) is 2.76. The lowest BCUT2D eigenvalue weighted by Crippen LogP contribution is -2.60. The van der Waals surface area contributed by atoms with Crippen LogP contribution in [0.3, 0.4) is 0 Å². The van der Waals surface area contributed by atoms with E-state index in [0.29, 0.717) is 21.9 Å². The van der Waals surface area contributed by atoms with Gasteiger partial charge < -0.3 is 5.32 Å².